The fourth-order valence-electron chi connectivity index (χ4n) is 1.95. The van der Waals surface area contributed by atoms with Gasteiger partial charge in [-0.2, -0.15) is 10.1 Å². The number of aromatic hydroxyl groups is 1. The van der Waals surface area contributed by atoms with E-state index in [0.29, 0.717) is 0 Å². The van der Waals surface area contributed by atoms with Gasteiger partial charge >= 0.3 is 0 Å². The van der Waals surface area contributed by atoms with Crippen molar-refractivity contribution in [2.75, 3.05) is 5.43 Å². The highest BCUT2D eigenvalue weighted by Crippen LogP contribution is 2.15. The van der Waals surface area contributed by atoms with E-state index in [0.717, 1.165) is 12.3 Å². The number of anilines is 1. The van der Waals surface area contributed by atoms with E-state index in [1.807, 2.05) is 0 Å². The molecule has 0 aliphatic heterocycles. The number of hydrogen-bond donors (Lipinski definition) is 6. The Morgan fingerprint density at radius 1 is 1.52 bits per heavy atom. The highest BCUT2D eigenvalue weighted by molar-refractivity contribution is 6.37. The average molecular weight is 347 g/mol. The van der Waals surface area contributed by atoms with E-state index in [1.54, 1.807) is 0 Å². The van der Waals surface area contributed by atoms with Crippen LogP contribution in [0.25, 0.3) is 0 Å². The first-order chi connectivity index (χ1) is 11.9. The summed E-state index contributed by atoms with van der Waals surface area (Å²) < 4.78 is 14.0. The molecule has 7 N–H and O–H groups in total. The third-order valence-electron chi connectivity index (χ3n) is 3.09. The van der Waals surface area contributed by atoms with Crippen LogP contribution in [0, 0.1) is 18.2 Å². The second-order valence-corrected chi connectivity index (χ2v) is 4.78. The second kappa shape index (κ2) is 7.21. The highest BCUT2D eigenvalue weighted by atomic mass is 19.1. The normalized spacial score (nSPS) is 11.0. The monoisotopic (exact) mass is 347 g/mol. The molecular formula is C14H14FN7O3. The van der Waals surface area contributed by atoms with Gasteiger partial charge in [-0.05, 0) is 25.1 Å². The van der Waals surface area contributed by atoms with Crippen LogP contribution in [-0.2, 0) is 0 Å². The number of rotatable bonds is 5. The lowest BCUT2D eigenvalue weighted by Crippen LogP contribution is -2.34. The van der Waals surface area contributed by atoms with Gasteiger partial charge in [0.15, 0.2) is 5.56 Å². The van der Waals surface area contributed by atoms with E-state index < -0.39 is 28.7 Å². The van der Waals surface area contributed by atoms with Crippen LogP contribution in [0.15, 0.2) is 28.1 Å². The van der Waals surface area contributed by atoms with E-state index in [-0.39, 0.29) is 22.8 Å². The zero-order valence-electron chi connectivity index (χ0n) is 12.9. The molecule has 1 heterocycles. The number of hydrazine groups is 1. The van der Waals surface area contributed by atoms with Crippen LogP contribution in [0.2, 0.25) is 0 Å². The molecule has 25 heavy (non-hydrogen) atoms. The van der Waals surface area contributed by atoms with Gasteiger partial charge in [-0.25, -0.2) is 4.39 Å². The Labute approximate surface area is 140 Å². The summed E-state index contributed by atoms with van der Waals surface area (Å²) in [4.78, 5) is 29.5. The molecule has 0 saturated heterocycles. The molecule has 0 fully saturated rings. The Morgan fingerprint density at radius 2 is 2.24 bits per heavy atom. The minimum absolute atomic E-state index is 0.00574. The summed E-state index contributed by atoms with van der Waals surface area (Å²) >= 11 is 0. The fourth-order valence-corrected chi connectivity index (χ4v) is 1.95. The van der Waals surface area contributed by atoms with Crippen molar-refractivity contribution in [2.24, 2.45) is 10.9 Å². The Morgan fingerprint density at radius 3 is 2.80 bits per heavy atom. The average Bonchev–Trinajstić information content (AvgIpc) is 2.54. The standard InChI is InChI=1S/C14H14FN7O3/c1-6-18-12(23)11(13(24)19-6)14(25)22-21-7-2-3-8(9(15)4-7)10(5-16)20-17/h2-5,16,21H,17H2,1H3,(H,22,25)(H2,18,19,23,24). The molecule has 1 aromatic heterocycles. The molecule has 130 valence electrons. The molecule has 0 aliphatic carbocycles. The number of aromatic nitrogens is 2. The molecule has 1 aromatic carbocycles. The summed E-state index contributed by atoms with van der Waals surface area (Å²) in [7, 11) is 0. The number of carbonyl (C=O) groups excluding carboxylic acids is 1. The van der Waals surface area contributed by atoms with Gasteiger partial charge in [-0.3, -0.25) is 20.4 Å². The summed E-state index contributed by atoms with van der Waals surface area (Å²) in [6.07, 6.45) is 0.798. The number of aromatic amines is 1. The number of aryl methyl sites for hydroxylation is 1. The molecule has 0 aliphatic rings. The van der Waals surface area contributed by atoms with Crippen molar-refractivity contribution in [2.45, 2.75) is 6.92 Å². The van der Waals surface area contributed by atoms with Gasteiger partial charge in [0.25, 0.3) is 11.5 Å². The number of amides is 1. The molecule has 2 aromatic rings. The first kappa shape index (κ1) is 17.6. The van der Waals surface area contributed by atoms with Crippen LogP contribution in [0.4, 0.5) is 10.1 Å². The number of hydrazone groups is 1. The zero-order valence-corrected chi connectivity index (χ0v) is 12.9. The summed E-state index contributed by atoms with van der Waals surface area (Å²) in [5, 5.41) is 20.0. The summed E-state index contributed by atoms with van der Waals surface area (Å²) in [5.74, 6) is 2.79. The first-order valence-corrected chi connectivity index (χ1v) is 6.82. The minimum atomic E-state index is -0.959. The molecule has 11 heteroatoms. The molecule has 0 spiro atoms. The van der Waals surface area contributed by atoms with Crippen LogP contribution in [0.1, 0.15) is 21.7 Å². The Hall–Kier alpha value is -3.76. The van der Waals surface area contributed by atoms with E-state index in [2.05, 4.69) is 25.9 Å². The number of nitrogens with zero attached hydrogens (tertiary/aromatic N) is 2. The maximum absolute atomic E-state index is 14.0. The molecule has 0 radical (unpaired) electrons. The minimum Gasteiger partial charge on any atom is -0.493 e. The van der Waals surface area contributed by atoms with Gasteiger partial charge in [0.1, 0.15) is 17.4 Å². The maximum Gasteiger partial charge on any atom is 0.280 e. The Balaban J connectivity index is 2.17. The molecule has 0 unspecified atom stereocenters. The van der Waals surface area contributed by atoms with Crippen molar-refractivity contribution >= 4 is 23.5 Å². The third-order valence-corrected chi connectivity index (χ3v) is 3.09. The van der Waals surface area contributed by atoms with Gasteiger partial charge in [0, 0.05) is 11.8 Å². The van der Waals surface area contributed by atoms with Gasteiger partial charge in [-0.1, -0.05) is 0 Å². The summed E-state index contributed by atoms with van der Waals surface area (Å²) in [6, 6.07) is 3.73. The maximum atomic E-state index is 14.0. The largest absolute Gasteiger partial charge is 0.493 e. The zero-order chi connectivity index (χ0) is 18.6. The Kier molecular flexibility index (Phi) is 5.07. The van der Waals surface area contributed by atoms with Crippen molar-refractivity contribution in [3.63, 3.8) is 0 Å². The molecule has 2 rings (SSSR count). The third kappa shape index (κ3) is 3.77. The van der Waals surface area contributed by atoms with Crippen molar-refractivity contribution in [3.8, 4) is 5.88 Å². The van der Waals surface area contributed by atoms with Crippen LogP contribution in [0.5, 0.6) is 5.88 Å². The van der Waals surface area contributed by atoms with E-state index in [4.69, 9.17) is 11.3 Å². The van der Waals surface area contributed by atoms with Crippen LogP contribution in [0.3, 0.4) is 0 Å². The van der Waals surface area contributed by atoms with E-state index >= 15 is 0 Å². The highest BCUT2D eigenvalue weighted by Gasteiger charge is 2.18. The predicted octanol–water partition coefficient (Wildman–Crippen LogP) is -0.00771. The molecule has 10 nitrogen and oxygen atoms in total. The molecule has 0 saturated carbocycles. The fraction of sp³-hybridized carbons (Fsp3) is 0.0714. The van der Waals surface area contributed by atoms with Crippen LogP contribution < -0.4 is 22.3 Å². The molecule has 0 atom stereocenters. The number of halogens is 1. The number of benzene rings is 1. The van der Waals surface area contributed by atoms with Gasteiger partial charge in [0.05, 0.1) is 5.69 Å². The quantitative estimate of drug-likeness (QED) is 0.252. The van der Waals surface area contributed by atoms with Crippen molar-refractivity contribution in [3.05, 3.63) is 51.3 Å². The summed E-state index contributed by atoms with van der Waals surface area (Å²) in [6.45, 7) is 1.44. The number of nitrogens with two attached hydrogens (primary N) is 1. The van der Waals surface area contributed by atoms with Gasteiger partial charge in [0.2, 0.25) is 5.88 Å². The lowest BCUT2D eigenvalue weighted by Gasteiger charge is -2.10. The summed E-state index contributed by atoms with van der Waals surface area (Å²) in [5.41, 5.74) is 3.23. The lowest BCUT2D eigenvalue weighted by atomic mass is 10.1. The number of carbonyl (C=O) groups is 1. The number of nitrogens with one attached hydrogen (secondary N) is 4. The van der Waals surface area contributed by atoms with Gasteiger partial charge in [-0.15, -0.1) is 0 Å². The van der Waals surface area contributed by atoms with E-state index in [9.17, 15) is 19.1 Å². The van der Waals surface area contributed by atoms with E-state index in [1.165, 1.54) is 19.1 Å². The first-order valence-electron chi connectivity index (χ1n) is 6.82. The Bertz CT molecular complexity index is 923. The topological polar surface area (TPSA) is 169 Å². The molecular weight excluding hydrogens is 333 g/mol. The SMILES string of the molecule is Cc1nc(O)c(C(=O)NNc2ccc(C(C=N)=NN)c(F)c2)c(=O)[nH]1. The van der Waals surface area contributed by atoms with Crippen LogP contribution >= 0.6 is 0 Å². The number of H-pyrrole nitrogens is 1. The van der Waals surface area contributed by atoms with Crippen LogP contribution in [-0.4, -0.2) is 32.9 Å². The second-order valence-electron chi connectivity index (χ2n) is 4.78. The smallest absolute Gasteiger partial charge is 0.280 e. The van der Waals surface area contributed by atoms with Crippen molar-refractivity contribution in [1.29, 1.82) is 5.41 Å². The molecule has 0 bridgehead atoms. The lowest BCUT2D eigenvalue weighted by molar-refractivity contribution is 0.0957. The molecule has 1 amide bonds. The number of hydrogen-bond acceptors (Lipinski definition) is 8. The van der Waals surface area contributed by atoms with Crippen molar-refractivity contribution < 1.29 is 14.3 Å². The van der Waals surface area contributed by atoms with Gasteiger partial charge < -0.3 is 21.3 Å². The predicted molar refractivity (Wildman–Crippen MR) is 88.3 cm³/mol. The van der Waals surface area contributed by atoms with Crippen molar-refractivity contribution in [1.82, 2.24) is 15.4 Å².